The van der Waals surface area contributed by atoms with E-state index in [0.717, 1.165) is 0 Å². The summed E-state index contributed by atoms with van der Waals surface area (Å²) in [5.41, 5.74) is 6.70. The standard InChI is InChI=1S/C14H19N3O2S/c1-9(2)17-12(18)7-8-16-14(19)11-5-3-10(4-6-11)13(15)20/h3-6,9H,7-8H2,1-2H3,(H2,15,20)(H,16,19)(H,17,18). The topological polar surface area (TPSA) is 84.2 Å². The Morgan fingerprint density at radius 2 is 1.75 bits per heavy atom. The first-order valence-corrected chi connectivity index (χ1v) is 6.78. The maximum atomic E-state index is 11.8. The number of thiocarbonyl (C=S) groups is 1. The summed E-state index contributed by atoms with van der Waals surface area (Å²) < 4.78 is 0. The van der Waals surface area contributed by atoms with Gasteiger partial charge in [0.2, 0.25) is 5.91 Å². The molecule has 0 bridgehead atoms. The molecular weight excluding hydrogens is 274 g/mol. The van der Waals surface area contributed by atoms with Gasteiger partial charge in [0.1, 0.15) is 4.99 Å². The van der Waals surface area contributed by atoms with Crippen molar-refractivity contribution in [3.63, 3.8) is 0 Å². The van der Waals surface area contributed by atoms with E-state index < -0.39 is 0 Å². The fraction of sp³-hybridized carbons (Fsp3) is 0.357. The molecule has 1 aromatic rings. The van der Waals surface area contributed by atoms with Crippen molar-refractivity contribution in [3.8, 4) is 0 Å². The highest BCUT2D eigenvalue weighted by Gasteiger charge is 2.07. The lowest BCUT2D eigenvalue weighted by atomic mass is 10.1. The molecule has 0 spiro atoms. The van der Waals surface area contributed by atoms with Crippen LogP contribution >= 0.6 is 12.2 Å². The molecule has 1 aromatic carbocycles. The van der Waals surface area contributed by atoms with Gasteiger partial charge in [0, 0.05) is 30.1 Å². The van der Waals surface area contributed by atoms with Crippen LogP contribution in [0.4, 0.5) is 0 Å². The van der Waals surface area contributed by atoms with E-state index in [4.69, 9.17) is 18.0 Å². The molecule has 0 saturated heterocycles. The van der Waals surface area contributed by atoms with Gasteiger partial charge >= 0.3 is 0 Å². The first-order valence-electron chi connectivity index (χ1n) is 6.37. The van der Waals surface area contributed by atoms with Gasteiger partial charge in [-0.2, -0.15) is 0 Å². The van der Waals surface area contributed by atoms with Gasteiger partial charge in [0.25, 0.3) is 5.91 Å². The van der Waals surface area contributed by atoms with Crippen LogP contribution in [-0.2, 0) is 4.79 Å². The van der Waals surface area contributed by atoms with E-state index in [1.165, 1.54) is 0 Å². The van der Waals surface area contributed by atoms with Crippen molar-refractivity contribution in [2.24, 2.45) is 5.73 Å². The van der Waals surface area contributed by atoms with E-state index in [2.05, 4.69) is 10.6 Å². The molecule has 0 aliphatic carbocycles. The Bertz CT molecular complexity index is 498. The quantitative estimate of drug-likeness (QED) is 0.682. The van der Waals surface area contributed by atoms with Crippen molar-refractivity contribution in [1.82, 2.24) is 10.6 Å². The molecule has 0 fully saturated rings. The molecule has 0 radical (unpaired) electrons. The molecular formula is C14H19N3O2S. The Labute approximate surface area is 123 Å². The maximum absolute atomic E-state index is 11.8. The van der Waals surface area contributed by atoms with Gasteiger partial charge in [-0.05, 0) is 26.0 Å². The van der Waals surface area contributed by atoms with Gasteiger partial charge in [-0.25, -0.2) is 0 Å². The Morgan fingerprint density at radius 3 is 2.25 bits per heavy atom. The Morgan fingerprint density at radius 1 is 1.20 bits per heavy atom. The number of amides is 2. The van der Waals surface area contributed by atoms with Crippen molar-refractivity contribution < 1.29 is 9.59 Å². The number of hydrogen-bond donors (Lipinski definition) is 3. The Hall–Kier alpha value is -1.95. The molecule has 20 heavy (non-hydrogen) atoms. The van der Waals surface area contributed by atoms with Crippen LogP contribution in [0.2, 0.25) is 0 Å². The highest BCUT2D eigenvalue weighted by molar-refractivity contribution is 7.80. The summed E-state index contributed by atoms with van der Waals surface area (Å²) in [5.74, 6) is -0.305. The smallest absolute Gasteiger partial charge is 0.251 e. The summed E-state index contributed by atoms with van der Waals surface area (Å²) in [6.45, 7) is 4.08. The lowest BCUT2D eigenvalue weighted by Gasteiger charge is -2.09. The molecule has 4 N–H and O–H groups in total. The summed E-state index contributed by atoms with van der Waals surface area (Å²) in [7, 11) is 0. The van der Waals surface area contributed by atoms with E-state index in [1.807, 2.05) is 13.8 Å². The molecule has 0 aliphatic rings. The van der Waals surface area contributed by atoms with Crippen LogP contribution in [0.1, 0.15) is 36.2 Å². The minimum atomic E-state index is -0.225. The number of hydrogen-bond acceptors (Lipinski definition) is 3. The number of rotatable bonds is 6. The molecule has 0 saturated carbocycles. The number of benzene rings is 1. The second-order valence-electron chi connectivity index (χ2n) is 4.67. The molecule has 2 amide bonds. The zero-order valence-electron chi connectivity index (χ0n) is 11.6. The fourth-order valence-electron chi connectivity index (χ4n) is 1.57. The third-order valence-electron chi connectivity index (χ3n) is 2.52. The van der Waals surface area contributed by atoms with E-state index in [0.29, 0.717) is 22.7 Å². The minimum Gasteiger partial charge on any atom is -0.389 e. The highest BCUT2D eigenvalue weighted by atomic mass is 32.1. The van der Waals surface area contributed by atoms with Crippen molar-refractivity contribution in [1.29, 1.82) is 0 Å². The monoisotopic (exact) mass is 293 g/mol. The second-order valence-corrected chi connectivity index (χ2v) is 5.11. The van der Waals surface area contributed by atoms with E-state index in [9.17, 15) is 9.59 Å². The molecule has 5 nitrogen and oxygen atoms in total. The summed E-state index contributed by atoms with van der Waals surface area (Å²) in [6.07, 6.45) is 0.259. The Balaban J connectivity index is 2.43. The average molecular weight is 293 g/mol. The number of nitrogens with one attached hydrogen (secondary N) is 2. The van der Waals surface area contributed by atoms with Crippen LogP contribution in [0.5, 0.6) is 0 Å². The SMILES string of the molecule is CC(C)NC(=O)CCNC(=O)c1ccc(C(N)=S)cc1. The van der Waals surface area contributed by atoms with Crippen molar-refractivity contribution >= 4 is 29.0 Å². The molecule has 1 rings (SSSR count). The predicted octanol–water partition coefficient (Wildman–Crippen LogP) is 0.965. The summed E-state index contributed by atoms with van der Waals surface area (Å²) in [4.78, 5) is 23.5. The van der Waals surface area contributed by atoms with Crippen molar-refractivity contribution in [2.75, 3.05) is 6.54 Å². The molecule has 6 heteroatoms. The average Bonchev–Trinajstić information content (AvgIpc) is 2.37. The number of carbonyl (C=O) groups is 2. The van der Waals surface area contributed by atoms with Crippen molar-refractivity contribution in [3.05, 3.63) is 35.4 Å². The van der Waals surface area contributed by atoms with E-state index in [-0.39, 0.29) is 24.3 Å². The van der Waals surface area contributed by atoms with Gasteiger partial charge in [-0.15, -0.1) is 0 Å². The lowest BCUT2D eigenvalue weighted by molar-refractivity contribution is -0.121. The maximum Gasteiger partial charge on any atom is 0.251 e. The molecule has 0 aliphatic heterocycles. The van der Waals surface area contributed by atoms with Crippen LogP contribution in [0.25, 0.3) is 0 Å². The summed E-state index contributed by atoms with van der Waals surface area (Å²) in [5, 5.41) is 5.45. The van der Waals surface area contributed by atoms with Gasteiger partial charge in [-0.3, -0.25) is 9.59 Å². The fourth-order valence-corrected chi connectivity index (χ4v) is 1.71. The summed E-state index contributed by atoms with van der Waals surface area (Å²) >= 11 is 4.84. The normalized spacial score (nSPS) is 10.2. The zero-order valence-corrected chi connectivity index (χ0v) is 12.4. The predicted molar refractivity (Wildman–Crippen MR) is 82.6 cm³/mol. The van der Waals surface area contributed by atoms with E-state index >= 15 is 0 Å². The first-order chi connectivity index (χ1) is 9.40. The van der Waals surface area contributed by atoms with Crippen LogP contribution in [0.3, 0.4) is 0 Å². The third-order valence-corrected chi connectivity index (χ3v) is 2.75. The van der Waals surface area contributed by atoms with Gasteiger partial charge < -0.3 is 16.4 Å². The number of carbonyl (C=O) groups excluding carboxylic acids is 2. The van der Waals surface area contributed by atoms with Crippen molar-refractivity contribution in [2.45, 2.75) is 26.3 Å². The van der Waals surface area contributed by atoms with Crippen LogP contribution in [0, 0.1) is 0 Å². The van der Waals surface area contributed by atoms with E-state index in [1.54, 1.807) is 24.3 Å². The van der Waals surface area contributed by atoms with Gasteiger partial charge in [0.15, 0.2) is 0 Å². The van der Waals surface area contributed by atoms with Gasteiger partial charge in [-0.1, -0.05) is 24.4 Å². The van der Waals surface area contributed by atoms with Gasteiger partial charge in [0.05, 0.1) is 0 Å². The lowest BCUT2D eigenvalue weighted by Crippen LogP contribution is -2.34. The minimum absolute atomic E-state index is 0.0795. The zero-order chi connectivity index (χ0) is 15.1. The summed E-state index contributed by atoms with van der Waals surface area (Å²) in [6, 6.07) is 6.80. The molecule has 0 heterocycles. The third kappa shape index (κ3) is 5.36. The van der Waals surface area contributed by atoms with Crippen LogP contribution in [0.15, 0.2) is 24.3 Å². The molecule has 108 valence electrons. The number of nitrogens with two attached hydrogens (primary N) is 1. The largest absolute Gasteiger partial charge is 0.389 e. The van der Waals surface area contributed by atoms with Crippen LogP contribution in [-0.4, -0.2) is 29.4 Å². The first kappa shape index (κ1) is 16.1. The molecule has 0 aromatic heterocycles. The Kier molecular flexibility index (Phi) is 6.11. The molecule has 0 unspecified atom stereocenters. The highest BCUT2D eigenvalue weighted by Crippen LogP contribution is 2.04. The van der Waals surface area contributed by atoms with Crippen LogP contribution < -0.4 is 16.4 Å². The second kappa shape index (κ2) is 7.59. The molecule has 0 atom stereocenters.